The fraction of sp³-hybridized carbons (Fsp3) is 0.909. The van der Waals surface area contributed by atoms with Crippen LogP contribution in [0.2, 0.25) is 0 Å². The number of hydrogen-bond donors (Lipinski definition) is 0. The number of unbranched alkanes of at least 4 members (excludes halogenated alkanes) is 1. The molecule has 0 aromatic carbocycles. The highest BCUT2D eigenvalue weighted by Crippen LogP contribution is 2.33. The smallest absolute Gasteiger partial charge is 0.0329 e. The van der Waals surface area contributed by atoms with Crippen molar-refractivity contribution in [2.75, 3.05) is 0 Å². The van der Waals surface area contributed by atoms with Gasteiger partial charge in [0.1, 0.15) is 0 Å². The van der Waals surface area contributed by atoms with Crippen molar-refractivity contribution in [3.63, 3.8) is 0 Å². The van der Waals surface area contributed by atoms with Crippen LogP contribution >= 0.6 is 0 Å². The first-order valence-corrected chi connectivity index (χ1v) is 4.83. The summed E-state index contributed by atoms with van der Waals surface area (Å²) in [5, 5.41) is 0. The zero-order valence-corrected chi connectivity index (χ0v) is 8.61. The van der Waals surface area contributed by atoms with E-state index in [1.165, 1.54) is 19.3 Å². The van der Waals surface area contributed by atoms with E-state index in [1.807, 2.05) is 0 Å². The molecule has 0 N–H and O–H groups in total. The summed E-state index contributed by atoms with van der Waals surface area (Å²) in [6.07, 6.45) is 5.08. The Morgan fingerprint density at radius 2 is 1.91 bits per heavy atom. The minimum atomic E-state index is 0.498. The summed E-state index contributed by atoms with van der Waals surface area (Å²) in [4.78, 5) is 0. The van der Waals surface area contributed by atoms with E-state index in [2.05, 4.69) is 34.6 Å². The van der Waals surface area contributed by atoms with Gasteiger partial charge in [0.05, 0.1) is 0 Å². The van der Waals surface area contributed by atoms with Crippen LogP contribution in [0.15, 0.2) is 0 Å². The van der Waals surface area contributed by atoms with Crippen molar-refractivity contribution in [3.05, 3.63) is 6.92 Å². The maximum Gasteiger partial charge on any atom is -0.0329 e. The summed E-state index contributed by atoms with van der Waals surface area (Å²) < 4.78 is 0. The van der Waals surface area contributed by atoms with Gasteiger partial charge in [-0.25, -0.2) is 0 Å². The highest BCUT2D eigenvalue weighted by Gasteiger charge is 2.23. The van der Waals surface area contributed by atoms with Crippen molar-refractivity contribution in [2.24, 2.45) is 11.3 Å². The lowest BCUT2D eigenvalue weighted by atomic mass is 9.75. The fourth-order valence-corrected chi connectivity index (χ4v) is 1.27. The molecule has 0 saturated heterocycles. The first-order chi connectivity index (χ1) is 5.04. The van der Waals surface area contributed by atoms with E-state index >= 15 is 0 Å². The molecule has 0 fully saturated rings. The Bertz CT molecular complexity index is 92.2. The maximum absolute atomic E-state index is 3.96. The monoisotopic (exact) mass is 155 g/mol. The van der Waals surface area contributed by atoms with Crippen LogP contribution in [0.1, 0.15) is 53.4 Å². The zero-order valence-electron chi connectivity index (χ0n) is 8.61. The Labute approximate surface area is 72.4 Å². The number of hydrogen-bond acceptors (Lipinski definition) is 0. The molecular weight excluding hydrogens is 132 g/mol. The first kappa shape index (κ1) is 11.0. The van der Waals surface area contributed by atoms with E-state index in [0.29, 0.717) is 5.41 Å². The largest absolute Gasteiger partial charge is 0.0654 e. The standard InChI is InChI=1S/C11H23/c1-6-8-9-11(4,5)10(3)7-2/h10H,2,6-9H2,1,3-5H3. The Balaban J connectivity index is 3.77. The molecule has 0 heterocycles. The second-order valence-electron chi connectivity index (χ2n) is 4.28. The molecule has 0 aliphatic rings. The third kappa shape index (κ3) is 3.79. The SMILES string of the molecule is [CH2]CC(C)C(C)(C)CCCC. The first-order valence-electron chi connectivity index (χ1n) is 4.83. The van der Waals surface area contributed by atoms with Crippen LogP contribution in [0.4, 0.5) is 0 Å². The van der Waals surface area contributed by atoms with Gasteiger partial charge in [-0.2, -0.15) is 0 Å². The minimum Gasteiger partial charge on any atom is -0.0654 e. The van der Waals surface area contributed by atoms with Crippen molar-refractivity contribution in [3.8, 4) is 0 Å². The predicted molar refractivity (Wildman–Crippen MR) is 52.4 cm³/mol. The fourth-order valence-electron chi connectivity index (χ4n) is 1.27. The molecule has 1 unspecified atom stereocenters. The maximum atomic E-state index is 3.96. The average molecular weight is 155 g/mol. The van der Waals surface area contributed by atoms with E-state index in [0.717, 1.165) is 12.3 Å². The van der Waals surface area contributed by atoms with Crippen molar-refractivity contribution in [2.45, 2.75) is 53.4 Å². The summed E-state index contributed by atoms with van der Waals surface area (Å²) in [5.74, 6) is 0.758. The molecule has 0 amide bonds. The summed E-state index contributed by atoms with van der Waals surface area (Å²) in [5.41, 5.74) is 0.498. The van der Waals surface area contributed by atoms with Crippen LogP contribution in [0.3, 0.4) is 0 Å². The zero-order chi connectivity index (χ0) is 8.91. The Morgan fingerprint density at radius 1 is 1.36 bits per heavy atom. The molecule has 0 spiro atoms. The Kier molecular flexibility index (Phi) is 4.79. The van der Waals surface area contributed by atoms with Crippen LogP contribution in [0.25, 0.3) is 0 Å². The van der Waals surface area contributed by atoms with Crippen molar-refractivity contribution < 1.29 is 0 Å². The highest BCUT2D eigenvalue weighted by molar-refractivity contribution is 4.75. The summed E-state index contributed by atoms with van der Waals surface area (Å²) in [6, 6.07) is 0. The average Bonchev–Trinajstić information content (AvgIpc) is 1.99. The van der Waals surface area contributed by atoms with Gasteiger partial charge in [-0.15, -0.1) is 0 Å². The van der Waals surface area contributed by atoms with E-state index in [4.69, 9.17) is 0 Å². The van der Waals surface area contributed by atoms with E-state index < -0.39 is 0 Å². The van der Waals surface area contributed by atoms with Crippen molar-refractivity contribution in [1.82, 2.24) is 0 Å². The molecule has 67 valence electrons. The second kappa shape index (κ2) is 4.79. The lowest BCUT2D eigenvalue weighted by Gasteiger charge is -2.31. The van der Waals surface area contributed by atoms with Gasteiger partial charge in [-0.05, 0) is 17.8 Å². The Morgan fingerprint density at radius 3 is 2.27 bits per heavy atom. The topological polar surface area (TPSA) is 0 Å². The van der Waals surface area contributed by atoms with Gasteiger partial charge >= 0.3 is 0 Å². The molecule has 0 bridgehead atoms. The molecular formula is C11H23. The van der Waals surface area contributed by atoms with E-state index in [9.17, 15) is 0 Å². The van der Waals surface area contributed by atoms with Crippen molar-refractivity contribution in [1.29, 1.82) is 0 Å². The van der Waals surface area contributed by atoms with Crippen molar-refractivity contribution >= 4 is 0 Å². The lowest BCUT2D eigenvalue weighted by Crippen LogP contribution is -2.20. The molecule has 1 radical (unpaired) electrons. The molecule has 0 aromatic rings. The van der Waals surface area contributed by atoms with Crippen LogP contribution in [-0.2, 0) is 0 Å². The van der Waals surface area contributed by atoms with Gasteiger partial charge < -0.3 is 0 Å². The summed E-state index contributed by atoms with van der Waals surface area (Å²) >= 11 is 0. The van der Waals surface area contributed by atoms with Crippen LogP contribution in [-0.4, -0.2) is 0 Å². The van der Waals surface area contributed by atoms with Crippen LogP contribution in [0, 0.1) is 18.3 Å². The lowest BCUT2D eigenvalue weighted by molar-refractivity contribution is 0.207. The minimum absolute atomic E-state index is 0.498. The predicted octanol–water partition coefficient (Wildman–Crippen LogP) is 4.06. The van der Waals surface area contributed by atoms with Crippen LogP contribution in [0.5, 0.6) is 0 Å². The van der Waals surface area contributed by atoms with Gasteiger partial charge in [0.2, 0.25) is 0 Å². The normalized spacial score (nSPS) is 15.0. The van der Waals surface area contributed by atoms with Crippen LogP contribution < -0.4 is 0 Å². The Hall–Kier alpha value is 0. The third-order valence-corrected chi connectivity index (χ3v) is 2.94. The summed E-state index contributed by atoms with van der Waals surface area (Å²) in [6.45, 7) is 13.2. The molecule has 0 saturated carbocycles. The molecule has 0 nitrogen and oxygen atoms in total. The third-order valence-electron chi connectivity index (χ3n) is 2.94. The molecule has 0 rings (SSSR count). The van der Waals surface area contributed by atoms with Gasteiger partial charge in [-0.3, -0.25) is 0 Å². The molecule has 0 heteroatoms. The van der Waals surface area contributed by atoms with Gasteiger partial charge in [0.15, 0.2) is 0 Å². The van der Waals surface area contributed by atoms with E-state index in [-0.39, 0.29) is 0 Å². The van der Waals surface area contributed by atoms with Gasteiger partial charge in [0.25, 0.3) is 0 Å². The molecule has 1 atom stereocenters. The van der Waals surface area contributed by atoms with Gasteiger partial charge in [-0.1, -0.05) is 53.9 Å². The summed E-state index contributed by atoms with van der Waals surface area (Å²) in [7, 11) is 0. The molecule has 0 aromatic heterocycles. The number of rotatable bonds is 5. The van der Waals surface area contributed by atoms with E-state index in [1.54, 1.807) is 0 Å². The second-order valence-corrected chi connectivity index (χ2v) is 4.28. The molecule has 11 heavy (non-hydrogen) atoms. The highest BCUT2D eigenvalue weighted by atomic mass is 14.3. The van der Waals surface area contributed by atoms with Gasteiger partial charge in [0, 0.05) is 0 Å². The molecule has 0 aliphatic heterocycles. The molecule has 0 aliphatic carbocycles. The quantitative estimate of drug-likeness (QED) is 0.561.